The minimum atomic E-state index is -0.153. The van der Waals surface area contributed by atoms with Crippen LogP contribution in [0.25, 0.3) is 6.08 Å². The first-order valence-corrected chi connectivity index (χ1v) is 7.31. The number of unbranched alkanes of at least 4 members (excludes halogenated alkanes) is 1. The van der Waals surface area contributed by atoms with Crippen molar-refractivity contribution in [1.29, 1.82) is 0 Å². The molecule has 0 bridgehead atoms. The quantitative estimate of drug-likeness (QED) is 0.850. The van der Waals surface area contributed by atoms with Gasteiger partial charge in [-0.3, -0.25) is 4.79 Å². The number of rotatable bonds is 5. The Morgan fingerprint density at radius 2 is 2.10 bits per heavy atom. The van der Waals surface area contributed by atoms with Gasteiger partial charge >= 0.3 is 0 Å². The maximum atomic E-state index is 12.1. The lowest BCUT2D eigenvalue weighted by Crippen LogP contribution is -2.05. The van der Waals surface area contributed by atoms with Crippen molar-refractivity contribution in [2.45, 2.75) is 26.7 Å². The number of hydrogen-bond acceptors (Lipinski definition) is 2. The normalized spacial score (nSPS) is 11.0. The van der Waals surface area contributed by atoms with E-state index < -0.39 is 0 Å². The van der Waals surface area contributed by atoms with E-state index in [1.807, 2.05) is 19.1 Å². The predicted molar refractivity (Wildman–Crippen MR) is 87.3 cm³/mol. The lowest BCUT2D eigenvalue weighted by Gasteiger charge is -2.08. The zero-order valence-electron chi connectivity index (χ0n) is 12.2. The highest BCUT2D eigenvalue weighted by Gasteiger charge is 2.06. The third kappa shape index (κ3) is 4.23. The molecule has 2 rings (SSSR count). The molecule has 0 radical (unpaired) electrons. The molecule has 0 aliphatic rings. The summed E-state index contributed by atoms with van der Waals surface area (Å²) in [6.45, 7) is 4.00. The molecular formula is C17H18ClNO2. The first-order chi connectivity index (χ1) is 10.1. The van der Waals surface area contributed by atoms with E-state index in [-0.39, 0.29) is 11.2 Å². The van der Waals surface area contributed by atoms with E-state index in [0.717, 1.165) is 24.1 Å². The van der Waals surface area contributed by atoms with Crippen LogP contribution >= 0.6 is 11.6 Å². The number of ether oxygens (including phenoxy) is 1. The van der Waals surface area contributed by atoms with Crippen LogP contribution in [0, 0.1) is 6.92 Å². The van der Waals surface area contributed by atoms with Gasteiger partial charge in [0.25, 0.3) is 0 Å². The smallest absolute Gasteiger partial charge is 0.224 e. The van der Waals surface area contributed by atoms with Crippen molar-refractivity contribution >= 4 is 17.7 Å². The van der Waals surface area contributed by atoms with Gasteiger partial charge in [0.2, 0.25) is 5.43 Å². The molecule has 3 nitrogen and oxygen atoms in total. The summed E-state index contributed by atoms with van der Waals surface area (Å²) < 4.78 is 5.65. The van der Waals surface area contributed by atoms with Crippen LogP contribution in [-0.4, -0.2) is 4.98 Å². The number of allylic oxidation sites excluding steroid dienone is 1. The molecule has 1 N–H and O–H groups in total. The van der Waals surface area contributed by atoms with E-state index in [9.17, 15) is 4.79 Å². The zero-order chi connectivity index (χ0) is 15.2. The number of halogens is 1. The number of H-pyrrole nitrogens is 1. The molecule has 1 aromatic heterocycles. The van der Waals surface area contributed by atoms with Gasteiger partial charge in [0, 0.05) is 23.0 Å². The average Bonchev–Trinajstić information content (AvgIpc) is 2.44. The Labute approximate surface area is 129 Å². The molecule has 0 saturated heterocycles. The summed E-state index contributed by atoms with van der Waals surface area (Å²) in [6, 6.07) is 6.83. The summed E-state index contributed by atoms with van der Waals surface area (Å²) in [5, 5.41) is 0.644. The lowest BCUT2D eigenvalue weighted by atomic mass is 10.2. The fourth-order valence-electron chi connectivity index (χ4n) is 1.87. The minimum absolute atomic E-state index is 0.153. The molecule has 1 heterocycles. The molecule has 4 heteroatoms. The Morgan fingerprint density at radius 1 is 1.29 bits per heavy atom. The third-order valence-corrected chi connectivity index (χ3v) is 3.24. The monoisotopic (exact) mass is 303 g/mol. The molecular weight excluding hydrogens is 286 g/mol. The van der Waals surface area contributed by atoms with Gasteiger partial charge in [0.15, 0.2) is 5.75 Å². The van der Waals surface area contributed by atoms with Crippen LogP contribution in [0.5, 0.6) is 11.5 Å². The Balaban J connectivity index is 2.19. The number of benzene rings is 1. The summed E-state index contributed by atoms with van der Waals surface area (Å²) >= 11 is 5.90. The van der Waals surface area contributed by atoms with Gasteiger partial charge in [-0.2, -0.15) is 0 Å². The molecule has 2 aromatic rings. The zero-order valence-corrected chi connectivity index (χ0v) is 12.9. The number of hydrogen-bond donors (Lipinski definition) is 1. The Kier molecular flexibility index (Phi) is 5.23. The number of aromatic amines is 1. The predicted octanol–water partition coefficient (Wildman–Crippen LogP) is 4.94. The first kappa shape index (κ1) is 15.4. The summed E-state index contributed by atoms with van der Waals surface area (Å²) in [4.78, 5) is 15.1. The highest BCUT2D eigenvalue weighted by molar-refractivity contribution is 6.30. The second-order valence-electron chi connectivity index (χ2n) is 4.82. The second kappa shape index (κ2) is 7.14. The van der Waals surface area contributed by atoms with Crippen LogP contribution < -0.4 is 10.2 Å². The maximum Gasteiger partial charge on any atom is 0.224 e. The molecule has 21 heavy (non-hydrogen) atoms. The fourth-order valence-corrected chi connectivity index (χ4v) is 2.10. The molecule has 0 fully saturated rings. The molecule has 1 aromatic carbocycles. The van der Waals surface area contributed by atoms with Gasteiger partial charge in [-0.05, 0) is 43.2 Å². The van der Waals surface area contributed by atoms with E-state index >= 15 is 0 Å². The van der Waals surface area contributed by atoms with E-state index in [0.29, 0.717) is 10.8 Å². The van der Waals surface area contributed by atoms with E-state index in [1.165, 1.54) is 6.07 Å². The summed E-state index contributed by atoms with van der Waals surface area (Å²) in [6.07, 6.45) is 7.60. The standard InChI is InChI=1S/C17H18ClNO2/c1-3-4-5-6-14-10-15(20)17(11-19-14)21-16-8-7-13(18)9-12(16)2/h5-11H,3-4H2,1-2H3,(H,19,20)/b6-5+. The van der Waals surface area contributed by atoms with Crippen LogP contribution in [0.3, 0.4) is 0 Å². The number of aromatic nitrogens is 1. The van der Waals surface area contributed by atoms with Gasteiger partial charge in [0.05, 0.1) is 0 Å². The summed E-state index contributed by atoms with van der Waals surface area (Å²) in [5.41, 5.74) is 1.50. The minimum Gasteiger partial charge on any atom is -0.451 e. The largest absolute Gasteiger partial charge is 0.451 e. The number of pyridine rings is 1. The SMILES string of the molecule is CCC/C=C/c1cc(=O)c(Oc2ccc(Cl)cc2C)c[nH]1. The first-order valence-electron chi connectivity index (χ1n) is 6.93. The van der Waals surface area contributed by atoms with Crippen LogP contribution in [-0.2, 0) is 0 Å². The van der Waals surface area contributed by atoms with Gasteiger partial charge in [-0.1, -0.05) is 31.0 Å². The molecule has 0 spiro atoms. The van der Waals surface area contributed by atoms with Crippen molar-refractivity contribution in [3.63, 3.8) is 0 Å². The van der Waals surface area contributed by atoms with Crippen LogP contribution in [0.4, 0.5) is 0 Å². The molecule has 110 valence electrons. The molecule has 0 aliphatic heterocycles. The molecule has 0 saturated carbocycles. The van der Waals surface area contributed by atoms with Crippen molar-refractivity contribution in [3.8, 4) is 11.5 Å². The van der Waals surface area contributed by atoms with Crippen LogP contribution in [0.15, 0.2) is 41.3 Å². The highest BCUT2D eigenvalue weighted by atomic mass is 35.5. The van der Waals surface area contributed by atoms with Crippen molar-refractivity contribution in [2.24, 2.45) is 0 Å². The second-order valence-corrected chi connectivity index (χ2v) is 5.26. The third-order valence-electron chi connectivity index (χ3n) is 3.01. The van der Waals surface area contributed by atoms with E-state index in [4.69, 9.17) is 16.3 Å². The summed E-state index contributed by atoms with van der Waals surface area (Å²) in [5.74, 6) is 0.896. The Morgan fingerprint density at radius 3 is 2.76 bits per heavy atom. The Bertz CT molecular complexity index is 704. The van der Waals surface area contributed by atoms with Gasteiger partial charge in [0.1, 0.15) is 5.75 Å². The molecule has 0 aliphatic carbocycles. The Hall–Kier alpha value is -2.00. The number of aryl methyl sites for hydroxylation is 1. The highest BCUT2D eigenvalue weighted by Crippen LogP contribution is 2.25. The van der Waals surface area contributed by atoms with Crippen molar-refractivity contribution in [3.05, 3.63) is 63.0 Å². The van der Waals surface area contributed by atoms with Gasteiger partial charge in [-0.25, -0.2) is 0 Å². The topological polar surface area (TPSA) is 42.1 Å². The molecule has 0 unspecified atom stereocenters. The van der Waals surface area contributed by atoms with E-state index in [1.54, 1.807) is 24.4 Å². The van der Waals surface area contributed by atoms with Crippen molar-refractivity contribution in [1.82, 2.24) is 4.98 Å². The summed E-state index contributed by atoms with van der Waals surface area (Å²) in [7, 11) is 0. The maximum absolute atomic E-state index is 12.1. The molecule has 0 atom stereocenters. The number of nitrogens with one attached hydrogen (secondary N) is 1. The molecule has 0 amide bonds. The van der Waals surface area contributed by atoms with Crippen molar-refractivity contribution < 1.29 is 4.74 Å². The van der Waals surface area contributed by atoms with Crippen LogP contribution in [0.1, 0.15) is 31.0 Å². The fraction of sp³-hybridized carbons (Fsp3) is 0.235. The van der Waals surface area contributed by atoms with Gasteiger partial charge < -0.3 is 9.72 Å². The van der Waals surface area contributed by atoms with Crippen molar-refractivity contribution in [2.75, 3.05) is 0 Å². The van der Waals surface area contributed by atoms with Gasteiger partial charge in [-0.15, -0.1) is 0 Å². The van der Waals surface area contributed by atoms with E-state index in [2.05, 4.69) is 11.9 Å². The van der Waals surface area contributed by atoms with Crippen LogP contribution in [0.2, 0.25) is 5.02 Å². The lowest BCUT2D eigenvalue weighted by molar-refractivity contribution is 0.472. The average molecular weight is 304 g/mol.